The monoisotopic (exact) mass is 560 g/mol. The number of hydrogen-bond acceptors (Lipinski definition) is 5. The number of aromatic nitrogens is 1. The highest BCUT2D eigenvalue weighted by Gasteiger charge is 2.30. The van der Waals surface area contributed by atoms with Crippen LogP contribution >= 0.6 is 24.0 Å². The average molecular weight is 561 g/mol. The van der Waals surface area contributed by atoms with Gasteiger partial charge in [-0.05, 0) is 64.2 Å². The third-order valence-corrected chi connectivity index (χ3v) is 5.64. The molecule has 1 aromatic heterocycles. The number of carbonyl (C=O) groups is 1. The summed E-state index contributed by atoms with van der Waals surface area (Å²) in [5.41, 5.74) is 0.212. The second-order valence-electron chi connectivity index (χ2n) is 9.11. The normalized spacial score (nSPS) is 14.6. The molecule has 0 aromatic carbocycles. The Hall–Kier alpha value is -1.78. The summed E-state index contributed by atoms with van der Waals surface area (Å²) >= 11 is 0. The molecule has 0 radical (unpaired) electrons. The zero-order valence-electron chi connectivity index (χ0n) is 20.5. The maximum Gasteiger partial charge on any atom is 0.408 e. The van der Waals surface area contributed by atoms with Crippen LogP contribution < -0.4 is 20.9 Å². The molecule has 0 aliphatic carbocycles. The van der Waals surface area contributed by atoms with Crippen LogP contribution in [0.3, 0.4) is 0 Å². The molecule has 32 heavy (non-hydrogen) atoms. The Morgan fingerprint density at radius 2 is 1.84 bits per heavy atom. The first-order valence-electron chi connectivity index (χ1n) is 11.4. The van der Waals surface area contributed by atoms with Crippen LogP contribution in [-0.4, -0.2) is 54.9 Å². The van der Waals surface area contributed by atoms with E-state index in [-0.39, 0.29) is 24.0 Å². The molecule has 182 valence electrons. The van der Waals surface area contributed by atoms with E-state index in [2.05, 4.69) is 50.7 Å². The van der Waals surface area contributed by atoms with Crippen LogP contribution in [0, 0.1) is 0 Å². The van der Waals surface area contributed by atoms with Crippen LogP contribution in [0.25, 0.3) is 0 Å². The van der Waals surface area contributed by atoms with Gasteiger partial charge in [0.25, 0.3) is 0 Å². The lowest BCUT2D eigenvalue weighted by molar-refractivity contribution is 0.0448. The summed E-state index contributed by atoms with van der Waals surface area (Å²) in [7, 11) is 1.75. The van der Waals surface area contributed by atoms with Gasteiger partial charge in [0, 0.05) is 39.4 Å². The molecule has 0 saturated carbocycles. The van der Waals surface area contributed by atoms with Gasteiger partial charge in [0.05, 0.1) is 5.54 Å². The summed E-state index contributed by atoms with van der Waals surface area (Å²) in [5, 5.41) is 9.79. The number of hydrogen-bond donors (Lipinski definition) is 3. The van der Waals surface area contributed by atoms with Gasteiger partial charge in [-0.2, -0.15) is 0 Å². The van der Waals surface area contributed by atoms with E-state index in [0.717, 1.165) is 37.3 Å². The van der Waals surface area contributed by atoms with Gasteiger partial charge < -0.3 is 25.6 Å². The van der Waals surface area contributed by atoms with Gasteiger partial charge in [-0.15, -0.1) is 24.0 Å². The van der Waals surface area contributed by atoms with Crippen molar-refractivity contribution in [2.75, 3.05) is 31.6 Å². The first kappa shape index (κ1) is 28.3. The van der Waals surface area contributed by atoms with Gasteiger partial charge in [-0.1, -0.05) is 13.8 Å². The minimum atomic E-state index is -0.527. The number of pyridine rings is 1. The van der Waals surface area contributed by atoms with Gasteiger partial charge in [0.2, 0.25) is 0 Å². The minimum absolute atomic E-state index is 0. The summed E-state index contributed by atoms with van der Waals surface area (Å²) in [6.45, 7) is 13.1. The number of ether oxygens (including phenoxy) is 1. The molecule has 2 heterocycles. The van der Waals surface area contributed by atoms with Crippen molar-refractivity contribution in [1.82, 2.24) is 20.9 Å². The number of alkyl carbamates (subject to hydrolysis) is 1. The lowest BCUT2D eigenvalue weighted by Crippen LogP contribution is -2.57. The summed E-state index contributed by atoms with van der Waals surface area (Å²) in [5.74, 6) is 1.73. The molecule has 8 nitrogen and oxygen atoms in total. The Morgan fingerprint density at radius 3 is 2.41 bits per heavy atom. The molecule has 1 fully saturated rings. The van der Waals surface area contributed by atoms with E-state index in [4.69, 9.17) is 4.74 Å². The fourth-order valence-electron chi connectivity index (χ4n) is 3.59. The van der Waals surface area contributed by atoms with Crippen molar-refractivity contribution in [3.05, 3.63) is 23.9 Å². The van der Waals surface area contributed by atoms with E-state index in [0.29, 0.717) is 19.0 Å². The van der Waals surface area contributed by atoms with Gasteiger partial charge in [-0.25, -0.2) is 9.78 Å². The van der Waals surface area contributed by atoms with Crippen molar-refractivity contribution in [2.45, 2.75) is 78.0 Å². The predicted molar refractivity (Wildman–Crippen MR) is 142 cm³/mol. The molecular formula is C23H41IN6O2. The predicted octanol–water partition coefficient (Wildman–Crippen LogP) is 4.05. The van der Waals surface area contributed by atoms with E-state index < -0.39 is 17.2 Å². The van der Waals surface area contributed by atoms with Crippen molar-refractivity contribution in [3.8, 4) is 0 Å². The molecule has 9 heteroatoms. The second kappa shape index (κ2) is 13.1. The number of rotatable bonds is 8. The van der Waals surface area contributed by atoms with Crippen LogP contribution in [0.5, 0.6) is 0 Å². The number of nitrogens with zero attached hydrogens (tertiary/aromatic N) is 3. The molecule has 2 rings (SSSR count). The second-order valence-corrected chi connectivity index (χ2v) is 9.11. The van der Waals surface area contributed by atoms with E-state index in [1.165, 1.54) is 12.8 Å². The lowest BCUT2D eigenvalue weighted by Gasteiger charge is -2.34. The van der Waals surface area contributed by atoms with Crippen LogP contribution in [0.15, 0.2) is 23.3 Å². The minimum Gasteiger partial charge on any atom is -0.444 e. The van der Waals surface area contributed by atoms with Crippen LogP contribution in [0.4, 0.5) is 10.6 Å². The molecule has 0 atom stereocenters. The van der Waals surface area contributed by atoms with Crippen molar-refractivity contribution in [3.63, 3.8) is 0 Å². The molecular weight excluding hydrogens is 519 g/mol. The molecule has 0 bridgehead atoms. The highest BCUT2D eigenvalue weighted by atomic mass is 127. The van der Waals surface area contributed by atoms with Crippen molar-refractivity contribution in [2.24, 2.45) is 4.99 Å². The molecule has 1 saturated heterocycles. The zero-order chi connectivity index (χ0) is 22.9. The largest absolute Gasteiger partial charge is 0.444 e. The molecule has 0 spiro atoms. The highest BCUT2D eigenvalue weighted by Crippen LogP contribution is 2.19. The molecule has 1 aromatic rings. The Morgan fingerprint density at radius 1 is 1.19 bits per heavy atom. The van der Waals surface area contributed by atoms with Crippen molar-refractivity contribution in [1.29, 1.82) is 0 Å². The Balaban J connectivity index is 0.00000512. The fourth-order valence-corrected chi connectivity index (χ4v) is 3.59. The third kappa shape index (κ3) is 8.99. The van der Waals surface area contributed by atoms with Gasteiger partial charge in [0.1, 0.15) is 11.4 Å². The first-order chi connectivity index (χ1) is 14.7. The highest BCUT2D eigenvalue weighted by molar-refractivity contribution is 14.0. The summed E-state index contributed by atoms with van der Waals surface area (Å²) < 4.78 is 5.46. The molecule has 0 unspecified atom stereocenters. The number of aliphatic imine (C=N–C) groups is 1. The number of carbonyl (C=O) groups excluding carboxylic acids is 1. The van der Waals surface area contributed by atoms with Gasteiger partial charge in [-0.3, -0.25) is 4.99 Å². The maximum atomic E-state index is 12.3. The quantitative estimate of drug-likeness (QED) is 0.253. The Bertz CT molecular complexity index is 740. The van der Waals surface area contributed by atoms with E-state index in [1.807, 2.05) is 33.0 Å². The van der Waals surface area contributed by atoms with Gasteiger partial charge >= 0.3 is 6.09 Å². The smallest absolute Gasteiger partial charge is 0.408 e. The number of halogens is 1. The number of amides is 1. The number of nitrogens with one attached hydrogen (secondary N) is 3. The maximum absolute atomic E-state index is 12.3. The van der Waals surface area contributed by atoms with Crippen LogP contribution in [-0.2, 0) is 11.3 Å². The average Bonchev–Trinajstić information content (AvgIpc) is 3.27. The summed E-state index contributed by atoms with van der Waals surface area (Å²) in [6.07, 6.45) is 5.48. The number of guanidine groups is 1. The standard InChI is InChI=1S/C23H40N6O2.HI/c1-7-23(8-2,28-21(30)31-22(3,4)5)17-27-20(24-6)26-16-18-11-12-25-19(15-18)29-13-9-10-14-29;/h11-12,15H,7-10,13-14,16-17H2,1-6H3,(H,28,30)(H2,24,26,27);1H. The Labute approximate surface area is 210 Å². The molecule has 1 amide bonds. The topological polar surface area (TPSA) is 90.9 Å². The van der Waals surface area contributed by atoms with E-state index in [9.17, 15) is 4.79 Å². The van der Waals surface area contributed by atoms with Crippen molar-refractivity contribution >= 4 is 41.8 Å². The molecule has 1 aliphatic rings. The summed E-state index contributed by atoms with van der Waals surface area (Å²) in [4.78, 5) is 23.5. The SMILES string of the molecule is CCC(CC)(CNC(=NC)NCc1ccnc(N2CCCC2)c1)NC(=O)OC(C)(C)C.I. The van der Waals surface area contributed by atoms with Crippen LogP contribution in [0.2, 0.25) is 0 Å². The molecule has 3 N–H and O–H groups in total. The summed E-state index contributed by atoms with van der Waals surface area (Å²) in [6, 6.07) is 4.16. The third-order valence-electron chi connectivity index (χ3n) is 5.64. The Kier molecular flexibility index (Phi) is 11.5. The van der Waals surface area contributed by atoms with Crippen LogP contribution in [0.1, 0.15) is 65.9 Å². The fraction of sp³-hybridized carbons (Fsp3) is 0.696. The van der Waals surface area contributed by atoms with Gasteiger partial charge in [0.15, 0.2) is 5.96 Å². The zero-order valence-corrected chi connectivity index (χ0v) is 22.8. The lowest BCUT2D eigenvalue weighted by atomic mass is 9.93. The van der Waals surface area contributed by atoms with E-state index in [1.54, 1.807) is 7.05 Å². The van der Waals surface area contributed by atoms with E-state index >= 15 is 0 Å². The van der Waals surface area contributed by atoms with Crippen molar-refractivity contribution < 1.29 is 9.53 Å². The first-order valence-corrected chi connectivity index (χ1v) is 11.4. The number of anilines is 1. The molecule has 1 aliphatic heterocycles.